The lowest BCUT2D eigenvalue weighted by atomic mass is 10.3. The molecular formula is C6H8N2O3. The Balaban J connectivity index is 3.18. The highest BCUT2D eigenvalue weighted by Crippen LogP contribution is 2.06. The molecule has 1 aliphatic rings. The Morgan fingerprint density at radius 2 is 1.64 bits per heavy atom. The molecule has 0 bridgehead atoms. The molecule has 5 heteroatoms. The van der Waals surface area contributed by atoms with Crippen molar-refractivity contribution in [2.75, 3.05) is 14.0 Å². The van der Waals surface area contributed by atoms with Gasteiger partial charge in [-0.15, -0.1) is 0 Å². The summed E-state index contributed by atoms with van der Waals surface area (Å²) in [6, 6.07) is -1.65. The van der Waals surface area contributed by atoms with Crippen molar-refractivity contribution in [3.05, 3.63) is 0 Å². The lowest BCUT2D eigenvalue weighted by Gasteiger charge is -2.26. The molecule has 4 amide bonds. The molecule has 11 heavy (non-hydrogen) atoms. The summed E-state index contributed by atoms with van der Waals surface area (Å²) < 4.78 is 41.7. The molecule has 5 nitrogen and oxygen atoms in total. The fourth-order valence-corrected chi connectivity index (χ4v) is 0.601. The molecule has 0 aromatic rings. The monoisotopic (exact) mass is 162 g/mol. The molecule has 1 heterocycles. The van der Waals surface area contributed by atoms with Crippen LogP contribution in [0.3, 0.4) is 0 Å². The zero-order chi connectivity index (χ0) is 13.6. The summed E-state index contributed by atoms with van der Waals surface area (Å²) >= 11 is 0. The summed E-state index contributed by atoms with van der Waals surface area (Å²) in [5, 5.41) is 0. The Bertz CT molecular complexity index is 352. The zero-order valence-corrected chi connectivity index (χ0v) is 5.33. The Kier molecular flexibility index (Phi) is 0.621. The summed E-state index contributed by atoms with van der Waals surface area (Å²) in [7, 11) is 0. The highest BCUT2D eigenvalue weighted by molar-refractivity contribution is 6.13. The first-order chi connectivity index (χ1) is 7.46. The van der Waals surface area contributed by atoms with E-state index in [1.807, 2.05) is 0 Å². The third kappa shape index (κ3) is 1.09. The topological polar surface area (TPSA) is 57.7 Å². The maximum Gasteiger partial charge on any atom is 0.332 e. The zero-order valence-electron chi connectivity index (χ0n) is 11.3. The number of urea groups is 1. The number of barbiturate groups is 1. The minimum absolute atomic E-state index is 0.194. The lowest BCUT2D eigenvalue weighted by molar-refractivity contribution is -0.140. The van der Waals surface area contributed by atoms with E-state index in [1.165, 1.54) is 0 Å². The summed E-state index contributed by atoms with van der Waals surface area (Å²) in [5.74, 6) is -2.47. The van der Waals surface area contributed by atoms with E-state index in [0.29, 0.717) is 0 Å². The van der Waals surface area contributed by atoms with E-state index in [1.54, 1.807) is 0 Å². The smallest absolute Gasteiger partial charge is 0.274 e. The van der Waals surface area contributed by atoms with Gasteiger partial charge < -0.3 is 0 Å². The van der Waals surface area contributed by atoms with Gasteiger partial charge in [0.1, 0.15) is 6.42 Å². The maximum atomic E-state index is 11.5. The molecule has 1 aliphatic heterocycles. The predicted molar refractivity (Wildman–Crippen MR) is 35.6 cm³/mol. The Labute approximate surface area is 72.0 Å². The van der Waals surface area contributed by atoms with Gasteiger partial charge in [0.25, 0.3) is 0 Å². The van der Waals surface area contributed by atoms with Crippen molar-refractivity contribution in [1.29, 1.82) is 0 Å². The van der Waals surface area contributed by atoms with Crippen LogP contribution in [0.4, 0.5) is 4.79 Å². The molecule has 0 aromatic heterocycles. The van der Waals surface area contributed by atoms with Crippen LogP contribution in [-0.2, 0) is 9.59 Å². The standard InChI is InChI=1S/C6H8N2O3/c1-7-4(9)3-5(10)8(2)6(7)11/h3H2,1-2H3/i1D3,2D3. The quantitative estimate of drug-likeness (QED) is 0.448. The molecule has 0 aromatic carbocycles. The van der Waals surface area contributed by atoms with Crippen LogP contribution >= 0.6 is 0 Å². The van der Waals surface area contributed by atoms with Gasteiger partial charge >= 0.3 is 6.03 Å². The van der Waals surface area contributed by atoms with Crippen molar-refractivity contribution in [2.24, 2.45) is 0 Å². The summed E-state index contributed by atoms with van der Waals surface area (Å²) in [6.07, 6.45) is -0.956. The van der Waals surface area contributed by atoms with Crippen LogP contribution in [0.5, 0.6) is 0 Å². The van der Waals surface area contributed by atoms with Gasteiger partial charge in [0.15, 0.2) is 0 Å². The van der Waals surface area contributed by atoms with Gasteiger partial charge in [0.05, 0.1) is 0 Å². The number of carbonyl (C=O) groups is 3. The molecule has 1 fully saturated rings. The van der Waals surface area contributed by atoms with Crippen LogP contribution in [0.25, 0.3) is 0 Å². The molecule has 0 radical (unpaired) electrons. The summed E-state index contributed by atoms with van der Waals surface area (Å²) in [6.45, 7) is -6.23. The van der Waals surface area contributed by atoms with Crippen molar-refractivity contribution in [2.45, 2.75) is 6.42 Å². The van der Waals surface area contributed by atoms with E-state index in [-0.39, 0.29) is 9.80 Å². The Morgan fingerprint density at radius 3 is 2.00 bits per heavy atom. The number of nitrogens with zero attached hydrogens (tertiary/aromatic N) is 2. The van der Waals surface area contributed by atoms with E-state index in [9.17, 15) is 14.4 Å². The van der Waals surface area contributed by atoms with E-state index in [0.717, 1.165) is 0 Å². The fraction of sp³-hybridized carbons (Fsp3) is 0.500. The fourth-order valence-electron chi connectivity index (χ4n) is 0.601. The third-order valence-electron chi connectivity index (χ3n) is 1.18. The molecule has 0 spiro atoms. The number of rotatable bonds is 0. The van der Waals surface area contributed by atoms with E-state index >= 15 is 0 Å². The van der Waals surface area contributed by atoms with E-state index in [2.05, 4.69) is 0 Å². The third-order valence-corrected chi connectivity index (χ3v) is 1.18. The molecule has 0 unspecified atom stereocenters. The summed E-state index contributed by atoms with van der Waals surface area (Å²) in [5.41, 5.74) is 0. The van der Waals surface area contributed by atoms with Crippen LogP contribution in [0.2, 0.25) is 0 Å². The second-order valence-electron chi connectivity index (χ2n) is 1.92. The number of imide groups is 2. The van der Waals surface area contributed by atoms with Crippen LogP contribution in [0.15, 0.2) is 0 Å². The van der Waals surface area contributed by atoms with Crippen LogP contribution in [0.1, 0.15) is 14.6 Å². The van der Waals surface area contributed by atoms with Crippen molar-refractivity contribution in [3.63, 3.8) is 0 Å². The normalized spacial score (nSPS) is 30.0. The molecule has 0 saturated carbocycles. The van der Waals surface area contributed by atoms with Crippen molar-refractivity contribution < 1.29 is 22.6 Å². The van der Waals surface area contributed by atoms with Gasteiger partial charge in [-0.1, -0.05) is 0 Å². The second kappa shape index (κ2) is 2.34. The molecular weight excluding hydrogens is 148 g/mol. The number of hydrogen-bond acceptors (Lipinski definition) is 3. The Hall–Kier alpha value is -1.39. The first-order valence-electron chi connectivity index (χ1n) is 5.66. The molecule has 0 atom stereocenters. The van der Waals surface area contributed by atoms with Crippen LogP contribution in [-0.4, -0.2) is 41.6 Å². The van der Waals surface area contributed by atoms with Gasteiger partial charge in [0.2, 0.25) is 11.8 Å². The van der Waals surface area contributed by atoms with E-state index < -0.39 is 38.2 Å². The number of carbonyl (C=O) groups excluding carboxylic acids is 3. The predicted octanol–water partition coefficient (Wildman–Crippen LogP) is -0.573. The van der Waals surface area contributed by atoms with Gasteiger partial charge in [-0.05, 0) is 0 Å². The average Bonchev–Trinajstić information content (AvgIpc) is 1.94. The van der Waals surface area contributed by atoms with Gasteiger partial charge in [-0.3, -0.25) is 19.4 Å². The maximum absolute atomic E-state index is 11.5. The minimum Gasteiger partial charge on any atom is -0.274 e. The highest BCUT2D eigenvalue weighted by atomic mass is 16.2. The second-order valence-corrected chi connectivity index (χ2v) is 1.92. The summed E-state index contributed by atoms with van der Waals surface area (Å²) in [4.78, 5) is 33.6. The van der Waals surface area contributed by atoms with Gasteiger partial charge in [0, 0.05) is 22.2 Å². The SMILES string of the molecule is [2H]C([2H])([2H])N1C(=O)CC(=O)N(C([2H])([2H])[2H])C1=O. The highest BCUT2D eigenvalue weighted by Gasteiger charge is 2.32. The first-order valence-corrected chi connectivity index (χ1v) is 2.66. The number of amides is 4. The molecule has 0 N–H and O–H groups in total. The lowest BCUT2D eigenvalue weighted by Crippen LogP contribution is -2.51. The molecule has 60 valence electrons. The number of hydrogen-bond donors (Lipinski definition) is 0. The molecule has 1 saturated heterocycles. The van der Waals surface area contributed by atoms with Crippen LogP contribution in [0, 0.1) is 0 Å². The van der Waals surface area contributed by atoms with Gasteiger partial charge in [-0.25, -0.2) is 4.79 Å². The minimum atomic E-state index is -3.11. The van der Waals surface area contributed by atoms with Crippen molar-refractivity contribution in [1.82, 2.24) is 9.80 Å². The largest absolute Gasteiger partial charge is 0.332 e. The molecule has 0 aliphatic carbocycles. The van der Waals surface area contributed by atoms with Crippen molar-refractivity contribution >= 4 is 17.8 Å². The van der Waals surface area contributed by atoms with Gasteiger partial charge in [-0.2, -0.15) is 0 Å². The van der Waals surface area contributed by atoms with Crippen molar-refractivity contribution in [3.8, 4) is 0 Å². The molecule has 1 rings (SSSR count). The van der Waals surface area contributed by atoms with Crippen LogP contribution < -0.4 is 0 Å². The average molecular weight is 162 g/mol. The van der Waals surface area contributed by atoms with E-state index in [4.69, 9.17) is 8.22 Å². The Morgan fingerprint density at radius 1 is 1.18 bits per heavy atom. The first kappa shape index (κ1) is 2.92.